The molecule has 36 heavy (non-hydrogen) atoms. The Bertz CT molecular complexity index is 1070. The number of rotatable bonds is 5. The van der Waals surface area contributed by atoms with Gasteiger partial charge in [0, 0.05) is 51.5 Å². The molecule has 2 aliphatic heterocycles. The molecule has 2 fully saturated rings. The van der Waals surface area contributed by atoms with Crippen molar-refractivity contribution in [2.24, 2.45) is 5.41 Å². The lowest BCUT2D eigenvalue weighted by Crippen LogP contribution is -2.45. The molecule has 1 aromatic heterocycles. The minimum absolute atomic E-state index is 0.0612. The summed E-state index contributed by atoms with van der Waals surface area (Å²) in [5.41, 5.74) is 2.80. The second kappa shape index (κ2) is 9.88. The van der Waals surface area contributed by atoms with Crippen LogP contribution in [-0.4, -0.2) is 73.6 Å². The van der Waals surface area contributed by atoms with E-state index in [1.807, 2.05) is 27.1 Å². The van der Waals surface area contributed by atoms with Crippen molar-refractivity contribution < 1.29 is 4.79 Å². The molecule has 1 N–H and O–H groups in total. The number of piperazine rings is 1. The van der Waals surface area contributed by atoms with Gasteiger partial charge in [0.15, 0.2) is 5.82 Å². The van der Waals surface area contributed by atoms with Gasteiger partial charge >= 0.3 is 0 Å². The highest BCUT2D eigenvalue weighted by atomic mass is 16.2. The average Bonchev–Trinajstić information content (AvgIpc) is 3.40. The highest BCUT2D eigenvalue weighted by Gasteiger charge is 2.41. The number of nitrogens with zero attached hydrogens (tertiary/aromatic N) is 6. The zero-order chi connectivity index (χ0) is 25.4. The largest absolute Gasteiger partial charge is 0.369 e. The van der Waals surface area contributed by atoms with Crippen LogP contribution in [0.3, 0.4) is 0 Å². The molecule has 1 atom stereocenters. The average molecular weight is 492 g/mol. The molecule has 8 nitrogen and oxygen atoms in total. The summed E-state index contributed by atoms with van der Waals surface area (Å²) in [4.78, 5) is 31.8. The summed E-state index contributed by atoms with van der Waals surface area (Å²) in [5, 5.41) is 3.52. The second-order valence-electron chi connectivity index (χ2n) is 11.5. The SMILES string of the molecule is CC(Nc1ncc2c(n1)N(C1CCCC1)CC(C)(C)C(=O)N2C)c1ccc(N2CCN(C)CC2)cc1. The Morgan fingerprint density at radius 1 is 1.03 bits per heavy atom. The van der Waals surface area contributed by atoms with E-state index in [4.69, 9.17) is 4.98 Å². The number of nitrogens with one attached hydrogen (secondary N) is 1. The van der Waals surface area contributed by atoms with Crippen molar-refractivity contribution in [3.8, 4) is 0 Å². The first kappa shape index (κ1) is 24.8. The lowest BCUT2D eigenvalue weighted by atomic mass is 9.91. The van der Waals surface area contributed by atoms with Crippen molar-refractivity contribution in [1.82, 2.24) is 14.9 Å². The maximum absolute atomic E-state index is 13.2. The molecule has 1 saturated heterocycles. The summed E-state index contributed by atoms with van der Waals surface area (Å²) < 4.78 is 0. The van der Waals surface area contributed by atoms with E-state index in [-0.39, 0.29) is 11.9 Å². The fraction of sp³-hybridized carbons (Fsp3) is 0.607. The summed E-state index contributed by atoms with van der Waals surface area (Å²) >= 11 is 0. The summed E-state index contributed by atoms with van der Waals surface area (Å²) in [6.07, 6.45) is 6.58. The van der Waals surface area contributed by atoms with Gasteiger partial charge in [-0.2, -0.15) is 4.98 Å². The molecule has 8 heteroatoms. The summed E-state index contributed by atoms with van der Waals surface area (Å²) in [7, 11) is 4.03. The predicted molar refractivity (Wildman–Crippen MR) is 147 cm³/mol. The molecule has 2 aromatic rings. The number of hydrogen-bond acceptors (Lipinski definition) is 7. The number of carbonyl (C=O) groups excluding carboxylic acids is 1. The van der Waals surface area contributed by atoms with E-state index >= 15 is 0 Å². The molecule has 1 aromatic carbocycles. The van der Waals surface area contributed by atoms with E-state index in [1.54, 1.807) is 4.90 Å². The highest BCUT2D eigenvalue weighted by Crippen LogP contribution is 2.40. The third kappa shape index (κ3) is 4.88. The number of hydrogen-bond donors (Lipinski definition) is 1. The maximum Gasteiger partial charge on any atom is 0.234 e. The van der Waals surface area contributed by atoms with Gasteiger partial charge in [-0.3, -0.25) is 4.79 Å². The van der Waals surface area contributed by atoms with Crippen LogP contribution in [-0.2, 0) is 4.79 Å². The number of benzene rings is 1. The zero-order valence-electron chi connectivity index (χ0n) is 22.5. The van der Waals surface area contributed by atoms with Crippen molar-refractivity contribution >= 4 is 29.0 Å². The Morgan fingerprint density at radius 2 is 1.69 bits per heavy atom. The van der Waals surface area contributed by atoms with Crippen molar-refractivity contribution in [2.45, 2.75) is 58.5 Å². The lowest BCUT2D eigenvalue weighted by Gasteiger charge is -2.34. The highest BCUT2D eigenvalue weighted by molar-refractivity contribution is 6.00. The van der Waals surface area contributed by atoms with Crippen LogP contribution in [0, 0.1) is 5.41 Å². The molecular formula is C28H41N7O. The molecule has 3 aliphatic rings. The van der Waals surface area contributed by atoms with Crippen LogP contribution >= 0.6 is 0 Å². The number of carbonyl (C=O) groups is 1. The van der Waals surface area contributed by atoms with E-state index in [0.717, 1.165) is 50.5 Å². The molecule has 5 rings (SSSR count). The predicted octanol–water partition coefficient (Wildman–Crippen LogP) is 4.15. The zero-order valence-corrected chi connectivity index (χ0v) is 22.5. The monoisotopic (exact) mass is 491 g/mol. The van der Waals surface area contributed by atoms with Gasteiger partial charge in [0.1, 0.15) is 5.69 Å². The molecule has 194 valence electrons. The van der Waals surface area contributed by atoms with Crippen LogP contribution < -0.4 is 20.0 Å². The van der Waals surface area contributed by atoms with E-state index < -0.39 is 5.41 Å². The fourth-order valence-corrected chi connectivity index (χ4v) is 5.85. The lowest BCUT2D eigenvalue weighted by molar-refractivity contribution is -0.125. The normalized spacial score (nSPS) is 21.9. The van der Waals surface area contributed by atoms with Gasteiger partial charge < -0.3 is 24.9 Å². The van der Waals surface area contributed by atoms with Gasteiger partial charge in [0.25, 0.3) is 0 Å². The Balaban J connectivity index is 1.36. The Hall–Kier alpha value is -2.87. The quantitative estimate of drug-likeness (QED) is 0.674. The van der Waals surface area contributed by atoms with Crippen LogP contribution in [0.5, 0.6) is 0 Å². The Labute approximate surface area is 215 Å². The van der Waals surface area contributed by atoms with Crippen molar-refractivity contribution in [3.05, 3.63) is 36.0 Å². The minimum Gasteiger partial charge on any atom is -0.369 e. The first-order valence-electron chi connectivity index (χ1n) is 13.4. The second-order valence-corrected chi connectivity index (χ2v) is 11.5. The first-order valence-corrected chi connectivity index (χ1v) is 13.4. The van der Waals surface area contributed by atoms with Crippen molar-refractivity contribution in [1.29, 1.82) is 0 Å². The van der Waals surface area contributed by atoms with Gasteiger partial charge in [0.05, 0.1) is 17.7 Å². The fourth-order valence-electron chi connectivity index (χ4n) is 5.85. The molecule has 1 unspecified atom stereocenters. The Morgan fingerprint density at radius 3 is 2.36 bits per heavy atom. The first-order chi connectivity index (χ1) is 17.2. The minimum atomic E-state index is -0.482. The van der Waals surface area contributed by atoms with Gasteiger partial charge in [-0.1, -0.05) is 25.0 Å². The molecule has 0 bridgehead atoms. The van der Waals surface area contributed by atoms with Crippen LogP contribution in [0.25, 0.3) is 0 Å². The van der Waals surface area contributed by atoms with Crippen molar-refractivity contribution in [3.63, 3.8) is 0 Å². The van der Waals surface area contributed by atoms with E-state index in [2.05, 4.69) is 63.2 Å². The van der Waals surface area contributed by atoms with Gasteiger partial charge in [-0.05, 0) is 58.4 Å². The van der Waals surface area contributed by atoms with Gasteiger partial charge in [0.2, 0.25) is 11.9 Å². The van der Waals surface area contributed by atoms with Crippen LogP contribution in [0.1, 0.15) is 58.1 Å². The number of likely N-dealkylation sites (N-methyl/N-ethyl adjacent to an activating group) is 1. The van der Waals surface area contributed by atoms with Gasteiger partial charge in [-0.25, -0.2) is 4.98 Å². The molecule has 1 amide bonds. The van der Waals surface area contributed by atoms with Crippen molar-refractivity contribution in [2.75, 3.05) is 66.8 Å². The third-order valence-corrected chi connectivity index (χ3v) is 8.21. The molecule has 0 spiro atoms. The standard InChI is InChI=1S/C28H41N7O/c1-20(21-10-12-22(13-11-21)34-16-14-32(4)15-17-34)30-27-29-18-24-25(31-27)35(23-8-6-7-9-23)19-28(2,3)26(36)33(24)5/h10-13,18,20,23H,6-9,14-17,19H2,1-5H3,(H,29,30,31). The number of aromatic nitrogens is 2. The van der Waals surface area contributed by atoms with Gasteiger partial charge in [-0.15, -0.1) is 0 Å². The maximum atomic E-state index is 13.2. The van der Waals surface area contributed by atoms with E-state index in [0.29, 0.717) is 18.5 Å². The molecular weight excluding hydrogens is 450 g/mol. The number of amides is 1. The summed E-state index contributed by atoms with van der Waals surface area (Å²) in [5.74, 6) is 1.59. The molecule has 1 saturated carbocycles. The van der Waals surface area contributed by atoms with Crippen LogP contribution in [0.4, 0.5) is 23.1 Å². The topological polar surface area (TPSA) is 67.8 Å². The summed E-state index contributed by atoms with van der Waals surface area (Å²) in [6.45, 7) is 11.2. The third-order valence-electron chi connectivity index (χ3n) is 8.21. The molecule has 1 aliphatic carbocycles. The van der Waals surface area contributed by atoms with Crippen LogP contribution in [0.15, 0.2) is 30.5 Å². The molecule has 0 radical (unpaired) electrons. The number of fused-ring (bicyclic) bond motifs is 1. The summed E-state index contributed by atoms with van der Waals surface area (Å²) in [6, 6.07) is 9.33. The van der Waals surface area contributed by atoms with E-state index in [1.165, 1.54) is 24.1 Å². The smallest absolute Gasteiger partial charge is 0.234 e. The Kier molecular flexibility index (Phi) is 6.81. The molecule has 3 heterocycles. The number of anilines is 4. The van der Waals surface area contributed by atoms with E-state index in [9.17, 15) is 4.79 Å². The van der Waals surface area contributed by atoms with Crippen LogP contribution in [0.2, 0.25) is 0 Å².